The normalized spacial score (nSPS) is 12.6. The van der Waals surface area contributed by atoms with E-state index in [1.165, 1.54) is 0 Å². The van der Waals surface area contributed by atoms with E-state index in [4.69, 9.17) is 16.3 Å². The number of aromatic nitrogens is 2. The van der Waals surface area contributed by atoms with Crippen molar-refractivity contribution in [3.63, 3.8) is 0 Å². The molecule has 0 aliphatic rings. The van der Waals surface area contributed by atoms with Crippen molar-refractivity contribution in [2.45, 2.75) is 39.0 Å². The lowest BCUT2D eigenvalue weighted by atomic mass is 10.1. The van der Waals surface area contributed by atoms with Crippen LogP contribution in [-0.2, 0) is 6.18 Å². The SMILES string of the molecule is CCC(C)(C)Oc1cc(Cl)nc(C(F)(F)F)n1. The molecule has 0 bridgehead atoms. The largest absolute Gasteiger partial charge is 0.472 e. The molecule has 0 aliphatic carbocycles. The summed E-state index contributed by atoms with van der Waals surface area (Å²) in [4.78, 5) is 6.41. The van der Waals surface area contributed by atoms with Crippen LogP contribution in [0.4, 0.5) is 13.2 Å². The molecule has 17 heavy (non-hydrogen) atoms. The first-order valence-electron chi connectivity index (χ1n) is 4.95. The zero-order valence-electron chi connectivity index (χ0n) is 9.60. The summed E-state index contributed by atoms with van der Waals surface area (Å²) in [6.45, 7) is 5.35. The van der Waals surface area contributed by atoms with Crippen molar-refractivity contribution in [2.24, 2.45) is 0 Å². The van der Waals surface area contributed by atoms with Crippen LogP contribution in [0, 0.1) is 0 Å². The lowest BCUT2D eigenvalue weighted by molar-refractivity contribution is -0.145. The van der Waals surface area contributed by atoms with Crippen LogP contribution in [-0.4, -0.2) is 15.6 Å². The predicted octanol–water partition coefficient (Wildman–Crippen LogP) is 3.72. The minimum atomic E-state index is -4.64. The number of halogens is 4. The zero-order valence-corrected chi connectivity index (χ0v) is 10.4. The zero-order chi connectivity index (χ0) is 13.3. The maximum absolute atomic E-state index is 12.4. The third-order valence-corrected chi connectivity index (χ3v) is 2.35. The molecule has 96 valence electrons. The van der Waals surface area contributed by atoms with Crippen LogP contribution < -0.4 is 4.74 Å². The van der Waals surface area contributed by atoms with Crippen LogP contribution >= 0.6 is 11.6 Å². The average Bonchev–Trinajstić information content (AvgIpc) is 2.14. The van der Waals surface area contributed by atoms with Gasteiger partial charge in [-0.3, -0.25) is 0 Å². The van der Waals surface area contributed by atoms with Crippen LogP contribution in [0.2, 0.25) is 5.15 Å². The van der Waals surface area contributed by atoms with Gasteiger partial charge in [0.15, 0.2) is 0 Å². The lowest BCUT2D eigenvalue weighted by Gasteiger charge is -2.24. The summed E-state index contributed by atoms with van der Waals surface area (Å²) < 4.78 is 42.6. The molecule has 0 atom stereocenters. The monoisotopic (exact) mass is 268 g/mol. The van der Waals surface area contributed by atoms with Gasteiger partial charge in [-0.15, -0.1) is 0 Å². The number of hydrogen-bond acceptors (Lipinski definition) is 3. The fourth-order valence-corrected chi connectivity index (χ4v) is 1.10. The Balaban J connectivity index is 3.06. The van der Waals surface area contributed by atoms with Gasteiger partial charge in [0.05, 0.1) is 0 Å². The second-order valence-corrected chi connectivity index (χ2v) is 4.45. The molecule has 0 unspecified atom stereocenters. The van der Waals surface area contributed by atoms with E-state index in [9.17, 15) is 13.2 Å². The van der Waals surface area contributed by atoms with E-state index in [0.717, 1.165) is 6.07 Å². The number of ether oxygens (including phenoxy) is 1. The van der Waals surface area contributed by atoms with Crippen molar-refractivity contribution in [3.8, 4) is 5.88 Å². The van der Waals surface area contributed by atoms with E-state index in [2.05, 4.69) is 9.97 Å². The minimum absolute atomic E-state index is 0.177. The Hall–Kier alpha value is -1.04. The second-order valence-electron chi connectivity index (χ2n) is 4.07. The third-order valence-electron chi connectivity index (χ3n) is 2.16. The third kappa shape index (κ3) is 4.03. The van der Waals surface area contributed by atoms with Gasteiger partial charge < -0.3 is 4.74 Å². The van der Waals surface area contributed by atoms with E-state index in [1.807, 2.05) is 6.92 Å². The summed E-state index contributed by atoms with van der Waals surface area (Å²) in [6, 6.07) is 1.16. The van der Waals surface area contributed by atoms with Crippen molar-refractivity contribution in [2.75, 3.05) is 0 Å². The highest BCUT2D eigenvalue weighted by Gasteiger charge is 2.36. The molecule has 1 aromatic heterocycles. The Labute approximate surface area is 102 Å². The predicted molar refractivity (Wildman–Crippen MR) is 57.0 cm³/mol. The number of nitrogens with zero attached hydrogens (tertiary/aromatic N) is 2. The summed E-state index contributed by atoms with van der Waals surface area (Å²) in [6.07, 6.45) is -4.02. The van der Waals surface area contributed by atoms with E-state index >= 15 is 0 Å². The maximum Gasteiger partial charge on any atom is 0.451 e. The number of rotatable bonds is 3. The van der Waals surface area contributed by atoms with Gasteiger partial charge in [0.25, 0.3) is 0 Å². The highest BCUT2D eigenvalue weighted by atomic mass is 35.5. The number of hydrogen-bond donors (Lipinski definition) is 0. The van der Waals surface area contributed by atoms with Gasteiger partial charge in [0, 0.05) is 6.07 Å². The van der Waals surface area contributed by atoms with Gasteiger partial charge in [-0.2, -0.15) is 18.2 Å². The minimum Gasteiger partial charge on any atom is -0.472 e. The molecule has 0 radical (unpaired) electrons. The summed E-state index contributed by atoms with van der Waals surface area (Å²) in [7, 11) is 0. The first kappa shape index (κ1) is 14.0. The first-order chi connectivity index (χ1) is 7.64. The Morgan fingerprint density at radius 1 is 1.29 bits per heavy atom. The molecular formula is C10H12ClF3N2O. The fourth-order valence-electron chi connectivity index (χ4n) is 0.931. The summed E-state index contributed by atoms with van der Waals surface area (Å²) in [5, 5.41) is -0.297. The Bertz CT molecular complexity index is 407. The topological polar surface area (TPSA) is 35.0 Å². The Morgan fingerprint density at radius 3 is 2.35 bits per heavy atom. The maximum atomic E-state index is 12.4. The molecule has 7 heteroatoms. The van der Waals surface area contributed by atoms with Crippen LogP contribution in [0.25, 0.3) is 0 Å². The van der Waals surface area contributed by atoms with Crippen molar-refractivity contribution < 1.29 is 17.9 Å². The molecular weight excluding hydrogens is 257 g/mol. The van der Waals surface area contributed by atoms with E-state index < -0.39 is 17.6 Å². The highest BCUT2D eigenvalue weighted by Crippen LogP contribution is 2.30. The van der Waals surface area contributed by atoms with Gasteiger partial charge in [0.2, 0.25) is 11.7 Å². The summed E-state index contributed by atoms with van der Waals surface area (Å²) in [5.41, 5.74) is -0.611. The lowest BCUT2D eigenvalue weighted by Crippen LogP contribution is -2.27. The quantitative estimate of drug-likeness (QED) is 0.784. The summed E-state index contributed by atoms with van der Waals surface area (Å²) in [5.74, 6) is -1.48. The number of alkyl halides is 3. The molecule has 1 rings (SSSR count). The molecule has 3 nitrogen and oxygen atoms in total. The van der Waals surface area contributed by atoms with Gasteiger partial charge in [-0.1, -0.05) is 18.5 Å². The Morgan fingerprint density at radius 2 is 1.88 bits per heavy atom. The van der Waals surface area contributed by atoms with Gasteiger partial charge in [-0.05, 0) is 20.3 Å². The van der Waals surface area contributed by atoms with Crippen LogP contribution in [0.15, 0.2) is 6.07 Å². The molecule has 0 aromatic carbocycles. The summed E-state index contributed by atoms with van der Waals surface area (Å²) >= 11 is 5.50. The van der Waals surface area contributed by atoms with E-state index in [1.54, 1.807) is 13.8 Å². The molecule has 0 saturated carbocycles. The van der Waals surface area contributed by atoms with Crippen molar-refractivity contribution in [3.05, 3.63) is 17.0 Å². The van der Waals surface area contributed by atoms with Crippen molar-refractivity contribution in [1.29, 1.82) is 0 Å². The van der Waals surface area contributed by atoms with Crippen LogP contribution in [0.5, 0.6) is 5.88 Å². The average molecular weight is 269 g/mol. The van der Waals surface area contributed by atoms with E-state index in [-0.39, 0.29) is 11.0 Å². The molecule has 0 aliphatic heterocycles. The standard InChI is InChI=1S/C10H12ClF3N2O/c1-4-9(2,3)17-7-5-6(11)15-8(16-7)10(12,13)14/h5H,4H2,1-3H3. The first-order valence-corrected chi connectivity index (χ1v) is 5.32. The van der Waals surface area contributed by atoms with Crippen LogP contribution in [0.1, 0.15) is 33.0 Å². The molecule has 0 fully saturated rings. The van der Waals surface area contributed by atoms with Gasteiger partial charge in [-0.25, -0.2) is 4.98 Å². The van der Waals surface area contributed by atoms with E-state index in [0.29, 0.717) is 6.42 Å². The fraction of sp³-hybridized carbons (Fsp3) is 0.600. The molecule has 0 N–H and O–H groups in total. The molecule has 0 spiro atoms. The second kappa shape index (κ2) is 4.68. The Kier molecular flexibility index (Phi) is 3.86. The molecule has 1 heterocycles. The highest BCUT2D eigenvalue weighted by molar-refractivity contribution is 6.29. The van der Waals surface area contributed by atoms with Crippen molar-refractivity contribution in [1.82, 2.24) is 9.97 Å². The molecule has 0 amide bonds. The van der Waals surface area contributed by atoms with Gasteiger partial charge >= 0.3 is 6.18 Å². The smallest absolute Gasteiger partial charge is 0.451 e. The molecule has 1 aromatic rings. The molecule has 0 saturated heterocycles. The van der Waals surface area contributed by atoms with Crippen LogP contribution in [0.3, 0.4) is 0 Å². The van der Waals surface area contributed by atoms with Gasteiger partial charge in [0.1, 0.15) is 10.8 Å². The van der Waals surface area contributed by atoms with Crippen molar-refractivity contribution >= 4 is 11.6 Å².